The highest BCUT2D eigenvalue weighted by atomic mass is 28.4. The summed E-state index contributed by atoms with van der Waals surface area (Å²) in [5.74, 6) is 1.91. The Kier molecular flexibility index (Phi) is 3.42. The lowest BCUT2D eigenvalue weighted by molar-refractivity contribution is 0.174. The molecule has 4 nitrogen and oxygen atoms in total. The van der Waals surface area contributed by atoms with Crippen molar-refractivity contribution in [3.8, 4) is 11.5 Å². The van der Waals surface area contributed by atoms with Crippen molar-refractivity contribution in [2.45, 2.75) is 19.6 Å². The lowest BCUT2D eigenvalue weighted by Crippen LogP contribution is -2.24. The van der Waals surface area contributed by atoms with Crippen LogP contribution in [-0.2, 0) is 4.43 Å². The van der Waals surface area contributed by atoms with Gasteiger partial charge < -0.3 is 13.9 Å². The number of hydrogen-bond donors (Lipinski definition) is 0. The van der Waals surface area contributed by atoms with Crippen LogP contribution in [0.1, 0.15) is 5.56 Å². The zero-order chi connectivity index (χ0) is 13.2. The van der Waals surface area contributed by atoms with Gasteiger partial charge in [-0.15, -0.1) is 0 Å². The van der Waals surface area contributed by atoms with E-state index in [4.69, 9.17) is 13.9 Å². The van der Waals surface area contributed by atoms with Crippen molar-refractivity contribution in [3.05, 3.63) is 36.2 Å². The Morgan fingerprint density at radius 2 is 2.17 bits per heavy atom. The number of hydrogen-bond acceptors (Lipinski definition) is 4. The zero-order valence-electron chi connectivity index (χ0n) is 10.9. The van der Waals surface area contributed by atoms with E-state index < -0.39 is 8.32 Å². The smallest absolute Gasteiger partial charge is 0.244 e. The maximum Gasteiger partial charge on any atom is 0.244 e. The van der Waals surface area contributed by atoms with Crippen molar-refractivity contribution >= 4 is 14.5 Å². The number of fused-ring (bicyclic) bond motifs is 1. The molecule has 1 heterocycles. The molecule has 0 bridgehead atoms. The molecule has 18 heavy (non-hydrogen) atoms. The summed E-state index contributed by atoms with van der Waals surface area (Å²) in [5, 5.41) is 0. The quantitative estimate of drug-likeness (QED) is 0.476. The van der Waals surface area contributed by atoms with Gasteiger partial charge in [0.2, 0.25) is 15.1 Å². The molecule has 1 aromatic carbocycles. The van der Waals surface area contributed by atoms with Gasteiger partial charge in [-0.25, -0.2) is 4.99 Å². The third kappa shape index (κ3) is 3.13. The molecule has 0 radical (unpaired) electrons. The highest BCUT2D eigenvalue weighted by Crippen LogP contribution is 2.34. The second kappa shape index (κ2) is 4.86. The van der Waals surface area contributed by atoms with E-state index in [0.29, 0.717) is 5.88 Å². The molecule has 0 saturated carbocycles. The van der Waals surface area contributed by atoms with Gasteiger partial charge in [-0.3, -0.25) is 0 Å². The summed E-state index contributed by atoms with van der Waals surface area (Å²) < 4.78 is 16.3. The van der Waals surface area contributed by atoms with Crippen molar-refractivity contribution in [3.63, 3.8) is 0 Å². The number of rotatable bonds is 4. The first-order valence-corrected chi connectivity index (χ1v) is 9.17. The molecule has 0 fully saturated rings. The van der Waals surface area contributed by atoms with Gasteiger partial charge in [0, 0.05) is 11.8 Å². The summed E-state index contributed by atoms with van der Waals surface area (Å²) in [5.41, 5.74) is 0.866. The predicted molar refractivity (Wildman–Crippen MR) is 73.7 cm³/mol. The summed E-state index contributed by atoms with van der Waals surface area (Å²) in [4.78, 5) is 4.21. The van der Waals surface area contributed by atoms with Gasteiger partial charge in [0.25, 0.3) is 0 Å². The second-order valence-electron chi connectivity index (χ2n) is 4.95. The fourth-order valence-corrected chi connectivity index (χ4v) is 2.34. The predicted octanol–water partition coefficient (Wildman–Crippen LogP) is 3.16. The number of nitrogens with zero attached hydrogens (tertiary/aromatic N) is 1. The van der Waals surface area contributed by atoms with E-state index in [0.717, 1.165) is 17.1 Å². The normalized spacial score (nSPS) is 13.9. The van der Waals surface area contributed by atoms with Crippen LogP contribution in [0.25, 0.3) is 0 Å². The van der Waals surface area contributed by atoms with Crippen molar-refractivity contribution in [1.29, 1.82) is 0 Å². The lowest BCUT2D eigenvalue weighted by atomic mass is 10.2. The molecule has 0 saturated heterocycles. The van der Waals surface area contributed by atoms with Gasteiger partial charge in [0.1, 0.15) is 0 Å². The van der Waals surface area contributed by atoms with Gasteiger partial charge >= 0.3 is 0 Å². The van der Waals surface area contributed by atoms with Gasteiger partial charge in [-0.05, 0) is 38.4 Å². The second-order valence-corrected chi connectivity index (χ2v) is 9.38. The fourth-order valence-electron chi connectivity index (χ4n) is 1.58. The Balaban J connectivity index is 2.10. The first-order valence-electron chi connectivity index (χ1n) is 5.76. The van der Waals surface area contributed by atoms with Crippen LogP contribution in [0.5, 0.6) is 11.5 Å². The maximum absolute atomic E-state index is 5.65. The molecule has 96 valence electrons. The van der Waals surface area contributed by atoms with Gasteiger partial charge in [0.15, 0.2) is 17.4 Å². The monoisotopic (exact) mass is 263 g/mol. The molecule has 0 aliphatic carbocycles. The van der Waals surface area contributed by atoms with Crippen molar-refractivity contribution < 1.29 is 13.9 Å². The minimum absolute atomic E-state index is 0.256. The van der Waals surface area contributed by atoms with Gasteiger partial charge in [-0.2, -0.15) is 0 Å². The molecule has 5 heteroatoms. The third-order valence-corrected chi connectivity index (χ3v) is 3.05. The summed E-state index contributed by atoms with van der Waals surface area (Å²) in [6.45, 7) is 10.3. The molecular weight excluding hydrogens is 246 g/mol. The van der Waals surface area contributed by atoms with Crippen LogP contribution < -0.4 is 9.47 Å². The average molecular weight is 263 g/mol. The molecule has 0 unspecified atom stereocenters. The Labute approximate surface area is 108 Å². The molecule has 1 aromatic rings. The van der Waals surface area contributed by atoms with Crippen LogP contribution in [0.2, 0.25) is 19.6 Å². The van der Waals surface area contributed by atoms with Crippen LogP contribution in [0.15, 0.2) is 35.7 Å². The molecule has 2 rings (SSSR count). The van der Waals surface area contributed by atoms with E-state index in [-0.39, 0.29) is 6.79 Å². The minimum Gasteiger partial charge on any atom is -0.532 e. The van der Waals surface area contributed by atoms with E-state index in [1.54, 1.807) is 6.21 Å². The molecule has 1 aliphatic rings. The van der Waals surface area contributed by atoms with Crippen molar-refractivity contribution in [2.24, 2.45) is 4.99 Å². The molecule has 0 aromatic heterocycles. The topological polar surface area (TPSA) is 40.0 Å². The highest BCUT2D eigenvalue weighted by molar-refractivity contribution is 6.70. The number of benzene rings is 1. The molecular formula is C13H17NO3Si. The minimum atomic E-state index is -1.65. The molecule has 0 amide bonds. The van der Waals surface area contributed by atoms with Crippen LogP contribution in [0.3, 0.4) is 0 Å². The molecule has 0 atom stereocenters. The summed E-state index contributed by atoms with van der Waals surface area (Å²) in [6.07, 6.45) is 1.69. The summed E-state index contributed by atoms with van der Waals surface area (Å²) in [7, 11) is -1.65. The highest BCUT2D eigenvalue weighted by Gasteiger charge is 2.17. The van der Waals surface area contributed by atoms with E-state index in [1.165, 1.54) is 0 Å². The Morgan fingerprint density at radius 3 is 2.89 bits per heavy atom. The van der Waals surface area contributed by atoms with Crippen molar-refractivity contribution in [2.75, 3.05) is 6.79 Å². The fraction of sp³-hybridized carbons (Fsp3) is 0.308. The third-order valence-electron chi connectivity index (χ3n) is 2.20. The van der Waals surface area contributed by atoms with Crippen LogP contribution in [0, 0.1) is 0 Å². The van der Waals surface area contributed by atoms with Crippen LogP contribution in [0.4, 0.5) is 0 Å². The largest absolute Gasteiger partial charge is 0.532 e. The van der Waals surface area contributed by atoms with Crippen molar-refractivity contribution in [1.82, 2.24) is 0 Å². The molecule has 1 aliphatic heterocycles. The van der Waals surface area contributed by atoms with Gasteiger partial charge in [0.05, 0.1) is 0 Å². The van der Waals surface area contributed by atoms with Gasteiger partial charge in [-0.1, -0.05) is 6.07 Å². The van der Waals surface area contributed by atoms with Crippen LogP contribution in [-0.4, -0.2) is 21.3 Å². The SMILES string of the molecule is C=C(N=Cc1cccc2c1OCO2)O[Si](C)(C)C. The molecule has 0 N–H and O–H groups in total. The van der Waals surface area contributed by atoms with E-state index in [1.807, 2.05) is 18.2 Å². The number of ether oxygens (including phenoxy) is 2. The number of para-hydroxylation sites is 1. The number of aliphatic imine (C=N–C) groups is 1. The first-order chi connectivity index (χ1) is 8.46. The first kappa shape index (κ1) is 12.7. The molecule has 0 spiro atoms. The Hall–Kier alpha value is -1.75. The average Bonchev–Trinajstić information content (AvgIpc) is 2.72. The maximum atomic E-state index is 5.65. The van der Waals surface area contributed by atoms with Crippen LogP contribution >= 0.6 is 0 Å². The lowest BCUT2D eigenvalue weighted by Gasteiger charge is -2.17. The Bertz CT molecular complexity index is 491. The standard InChI is InChI=1S/C13H17NO3Si/c1-10(17-18(2,3)4)14-8-11-6-5-7-12-13(11)16-9-15-12/h5-8H,1,9H2,2-4H3. The van der Waals surface area contributed by atoms with E-state index >= 15 is 0 Å². The summed E-state index contributed by atoms with van der Waals surface area (Å²) in [6, 6.07) is 5.68. The zero-order valence-corrected chi connectivity index (χ0v) is 11.9. The Morgan fingerprint density at radius 1 is 1.39 bits per heavy atom. The van der Waals surface area contributed by atoms with E-state index in [2.05, 4.69) is 31.2 Å². The van der Waals surface area contributed by atoms with E-state index in [9.17, 15) is 0 Å². The summed E-state index contributed by atoms with van der Waals surface area (Å²) >= 11 is 0.